The molecule has 1 atom stereocenters. The molecule has 23 heavy (non-hydrogen) atoms. The summed E-state index contributed by atoms with van der Waals surface area (Å²) in [6.45, 7) is 5.59. The molecule has 1 aliphatic carbocycles. The van der Waals surface area contributed by atoms with Gasteiger partial charge < -0.3 is 15.0 Å². The largest absolute Gasteiger partial charge is 0.444 e. The first-order chi connectivity index (χ1) is 10.9. The van der Waals surface area contributed by atoms with Gasteiger partial charge in [-0.1, -0.05) is 6.08 Å². The molecule has 0 fully saturated rings. The number of ether oxygens (including phenoxy) is 1. The van der Waals surface area contributed by atoms with Gasteiger partial charge >= 0.3 is 6.09 Å². The summed E-state index contributed by atoms with van der Waals surface area (Å²) in [4.78, 5) is 23.7. The standard InChI is InChI=1S/C17H22N4O2/c1-17(2,3)23-16(22)21-12-6-4-5-11(9-12)14-13-7-8-18-15(13)20-10-19-14/h5,7-8,10,12H,4,6,9H2,1-3H3,(H,21,22)(H,18,19,20). The van der Waals surface area contributed by atoms with E-state index in [0.29, 0.717) is 0 Å². The monoisotopic (exact) mass is 314 g/mol. The minimum absolute atomic E-state index is 0.0637. The van der Waals surface area contributed by atoms with E-state index in [2.05, 4.69) is 26.3 Å². The number of amides is 1. The van der Waals surface area contributed by atoms with Gasteiger partial charge in [0.15, 0.2) is 0 Å². The maximum atomic E-state index is 12.0. The molecule has 1 amide bonds. The Balaban J connectivity index is 1.72. The lowest BCUT2D eigenvalue weighted by molar-refractivity contribution is 0.0502. The Hall–Kier alpha value is -2.37. The highest BCUT2D eigenvalue weighted by molar-refractivity contribution is 5.88. The molecule has 6 heteroatoms. The van der Waals surface area contributed by atoms with Crippen LogP contribution in [0.3, 0.4) is 0 Å². The second-order valence-corrected chi connectivity index (χ2v) is 6.82. The van der Waals surface area contributed by atoms with Crippen molar-refractivity contribution < 1.29 is 9.53 Å². The molecular weight excluding hydrogens is 292 g/mol. The fraction of sp³-hybridized carbons (Fsp3) is 0.471. The third kappa shape index (κ3) is 3.70. The minimum atomic E-state index is -0.485. The van der Waals surface area contributed by atoms with E-state index in [0.717, 1.165) is 41.6 Å². The molecule has 0 aliphatic heterocycles. The number of rotatable bonds is 2. The molecule has 3 rings (SSSR count). The number of nitrogens with zero attached hydrogens (tertiary/aromatic N) is 2. The van der Waals surface area contributed by atoms with Crippen LogP contribution < -0.4 is 5.32 Å². The summed E-state index contributed by atoms with van der Waals surface area (Å²) in [6.07, 6.45) is 7.83. The van der Waals surface area contributed by atoms with Gasteiger partial charge in [0.1, 0.15) is 17.6 Å². The van der Waals surface area contributed by atoms with Crippen molar-refractivity contribution >= 4 is 22.7 Å². The van der Waals surface area contributed by atoms with Crippen LogP contribution >= 0.6 is 0 Å². The van der Waals surface area contributed by atoms with Gasteiger partial charge in [-0.2, -0.15) is 0 Å². The lowest BCUT2D eigenvalue weighted by atomic mass is 9.92. The average molecular weight is 314 g/mol. The van der Waals surface area contributed by atoms with Gasteiger partial charge in [0.25, 0.3) is 0 Å². The van der Waals surface area contributed by atoms with Crippen LogP contribution in [0.5, 0.6) is 0 Å². The highest BCUT2D eigenvalue weighted by Crippen LogP contribution is 2.29. The molecule has 2 aromatic rings. The fourth-order valence-corrected chi connectivity index (χ4v) is 2.83. The highest BCUT2D eigenvalue weighted by atomic mass is 16.6. The lowest BCUT2D eigenvalue weighted by Gasteiger charge is -2.26. The van der Waals surface area contributed by atoms with Crippen molar-refractivity contribution in [3.63, 3.8) is 0 Å². The van der Waals surface area contributed by atoms with Crippen LogP contribution in [0.15, 0.2) is 24.7 Å². The summed E-state index contributed by atoms with van der Waals surface area (Å²) in [5, 5.41) is 3.97. The summed E-state index contributed by atoms with van der Waals surface area (Å²) in [5.74, 6) is 0. The molecule has 0 bridgehead atoms. The smallest absolute Gasteiger partial charge is 0.407 e. The van der Waals surface area contributed by atoms with Gasteiger partial charge in [0.2, 0.25) is 0 Å². The van der Waals surface area contributed by atoms with E-state index in [1.807, 2.05) is 33.0 Å². The number of fused-ring (bicyclic) bond motifs is 1. The fourth-order valence-electron chi connectivity index (χ4n) is 2.83. The van der Waals surface area contributed by atoms with Crippen molar-refractivity contribution in [3.05, 3.63) is 30.4 Å². The molecule has 0 saturated carbocycles. The van der Waals surface area contributed by atoms with E-state index in [1.54, 1.807) is 6.33 Å². The van der Waals surface area contributed by atoms with Crippen molar-refractivity contribution in [1.82, 2.24) is 20.3 Å². The summed E-state index contributed by atoms with van der Waals surface area (Å²) in [6, 6.07) is 2.05. The van der Waals surface area contributed by atoms with E-state index in [9.17, 15) is 4.79 Å². The molecule has 0 aromatic carbocycles. The van der Waals surface area contributed by atoms with Crippen LogP contribution in [0.4, 0.5) is 4.79 Å². The highest BCUT2D eigenvalue weighted by Gasteiger charge is 2.23. The number of hydrogen-bond acceptors (Lipinski definition) is 4. The molecule has 0 spiro atoms. The molecule has 0 saturated heterocycles. The number of carbonyl (C=O) groups is 1. The number of allylic oxidation sites excluding steroid dienone is 1. The summed E-state index contributed by atoms with van der Waals surface area (Å²) in [7, 11) is 0. The van der Waals surface area contributed by atoms with Crippen molar-refractivity contribution in [2.24, 2.45) is 0 Å². The molecule has 1 unspecified atom stereocenters. The van der Waals surface area contributed by atoms with E-state index in [4.69, 9.17) is 4.74 Å². The first-order valence-corrected chi connectivity index (χ1v) is 7.89. The number of H-pyrrole nitrogens is 1. The SMILES string of the molecule is CC(C)(C)OC(=O)NC1CCC=C(c2ncnc3[nH]ccc23)C1. The second-order valence-electron chi connectivity index (χ2n) is 6.82. The summed E-state index contributed by atoms with van der Waals surface area (Å²) < 4.78 is 5.34. The van der Waals surface area contributed by atoms with Gasteiger partial charge in [-0.05, 0) is 51.7 Å². The Labute approximate surface area is 135 Å². The minimum Gasteiger partial charge on any atom is -0.444 e. The maximum absolute atomic E-state index is 12.0. The lowest BCUT2D eigenvalue weighted by Crippen LogP contribution is -2.39. The van der Waals surface area contributed by atoms with E-state index < -0.39 is 5.60 Å². The molecule has 0 radical (unpaired) electrons. The molecule has 122 valence electrons. The van der Waals surface area contributed by atoms with Gasteiger partial charge in [-0.15, -0.1) is 0 Å². The average Bonchev–Trinajstić information content (AvgIpc) is 2.93. The molecular formula is C17H22N4O2. The number of alkyl carbamates (subject to hydrolysis) is 1. The third-order valence-electron chi connectivity index (χ3n) is 3.75. The van der Waals surface area contributed by atoms with Crippen LogP contribution in [0.1, 0.15) is 45.7 Å². The second kappa shape index (κ2) is 6.02. The van der Waals surface area contributed by atoms with Gasteiger partial charge in [0.05, 0.1) is 5.69 Å². The number of carbonyl (C=O) groups excluding carboxylic acids is 1. The number of nitrogens with one attached hydrogen (secondary N) is 2. The predicted octanol–water partition coefficient (Wildman–Crippen LogP) is 3.42. The zero-order chi connectivity index (χ0) is 16.4. The Morgan fingerprint density at radius 3 is 3.00 bits per heavy atom. The zero-order valence-electron chi connectivity index (χ0n) is 13.7. The summed E-state index contributed by atoms with van der Waals surface area (Å²) >= 11 is 0. The van der Waals surface area contributed by atoms with Gasteiger partial charge in [0, 0.05) is 17.6 Å². The Kier molecular flexibility index (Phi) is 4.07. The Bertz CT molecular complexity index is 742. The number of aromatic amines is 1. The molecule has 6 nitrogen and oxygen atoms in total. The van der Waals surface area contributed by atoms with E-state index in [-0.39, 0.29) is 12.1 Å². The predicted molar refractivity (Wildman–Crippen MR) is 88.9 cm³/mol. The van der Waals surface area contributed by atoms with E-state index in [1.165, 1.54) is 0 Å². The Morgan fingerprint density at radius 2 is 2.22 bits per heavy atom. The van der Waals surface area contributed by atoms with Gasteiger partial charge in [-0.3, -0.25) is 0 Å². The van der Waals surface area contributed by atoms with Crippen LogP contribution in [0, 0.1) is 0 Å². The quantitative estimate of drug-likeness (QED) is 0.890. The molecule has 2 aromatic heterocycles. The normalized spacial score (nSPS) is 18.6. The third-order valence-corrected chi connectivity index (χ3v) is 3.75. The topological polar surface area (TPSA) is 79.9 Å². The molecule has 2 heterocycles. The van der Waals surface area contributed by atoms with Crippen LogP contribution in [-0.2, 0) is 4.74 Å². The molecule has 2 N–H and O–H groups in total. The zero-order valence-corrected chi connectivity index (χ0v) is 13.7. The molecule has 1 aliphatic rings. The number of hydrogen-bond donors (Lipinski definition) is 2. The van der Waals surface area contributed by atoms with E-state index >= 15 is 0 Å². The van der Waals surface area contributed by atoms with Crippen LogP contribution in [0.25, 0.3) is 16.6 Å². The van der Waals surface area contributed by atoms with Crippen molar-refractivity contribution in [3.8, 4) is 0 Å². The first kappa shape index (κ1) is 15.5. The van der Waals surface area contributed by atoms with Crippen molar-refractivity contribution in [2.45, 2.75) is 51.7 Å². The summed E-state index contributed by atoms with van der Waals surface area (Å²) in [5.41, 5.74) is 2.43. The van der Waals surface area contributed by atoms with Gasteiger partial charge in [-0.25, -0.2) is 14.8 Å². The van der Waals surface area contributed by atoms with Crippen molar-refractivity contribution in [2.75, 3.05) is 0 Å². The number of aromatic nitrogens is 3. The Morgan fingerprint density at radius 1 is 1.39 bits per heavy atom. The first-order valence-electron chi connectivity index (χ1n) is 7.89. The van der Waals surface area contributed by atoms with Crippen LogP contribution in [0.2, 0.25) is 0 Å². The maximum Gasteiger partial charge on any atom is 0.407 e. The van der Waals surface area contributed by atoms with Crippen molar-refractivity contribution in [1.29, 1.82) is 0 Å². The van der Waals surface area contributed by atoms with Crippen LogP contribution in [-0.4, -0.2) is 32.7 Å².